The van der Waals surface area contributed by atoms with Gasteiger partial charge in [-0.05, 0) is 31.5 Å². The zero-order valence-corrected chi connectivity index (χ0v) is 18.0. The number of allylic oxidation sites excluding steroid dienone is 1. The molecule has 154 valence electrons. The minimum Gasteiger partial charge on any atom is -0.496 e. The molecule has 0 bridgehead atoms. The van der Waals surface area contributed by atoms with Crippen LogP contribution in [0.3, 0.4) is 0 Å². The summed E-state index contributed by atoms with van der Waals surface area (Å²) in [7, 11) is 1.60. The molecule has 0 spiro atoms. The highest BCUT2D eigenvalue weighted by Gasteiger charge is 2.32. The quantitative estimate of drug-likeness (QED) is 0.699. The lowest BCUT2D eigenvalue weighted by Crippen LogP contribution is -2.30. The van der Waals surface area contributed by atoms with Gasteiger partial charge in [-0.15, -0.1) is 0 Å². The second kappa shape index (κ2) is 9.99. The van der Waals surface area contributed by atoms with Crippen molar-refractivity contribution in [3.8, 4) is 11.8 Å². The van der Waals surface area contributed by atoms with E-state index in [4.69, 9.17) is 14.5 Å². The maximum atomic E-state index is 12.7. The van der Waals surface area contributed by atoms with E-state index in [2.05, 4.69) is 11.4 Å². The molecule has 0 unspecified atom stereocenters. The van der Waals surface area contributed by atoms with Crippen molar-refractivity contribution >= 4 is 22.9 Å². The fourth-order valence-electron chi connectivity index (χ4n) is 3.21. The average molecular weight is 422 g/mol. The highest BCUT2D eigenvalue weighted by Crippen LogP contribution is 2.37. The van der Waals surface area contributed by atoms with Crippen LogP contribution in [0.15, 0.2) is 64.8 Å². The van der Waals surface area contributed by atoms with E-state index in [1.165, 1.54) is 11.8 Å². The average Bonchev–Trinajstić information content (AvgIpc) is 2.77. The minimum atomic E-state index is -0.546. The molecule has 30 heavy (non-hydrogen) atoms. The fraction of sp³-hybridized carbons (Fsp3) is 0.261. The molecular weight excluding hydrogens is 398 g/mol. The summed E-state index contributed by atoms with van der Waals surface area (Å²) in [5.74, 6) is 0.832. The van der Waals surface area contributed by atoms with Gasteiger partial charge in [0.05, 0.1) is 30.9 Å². The number of para-hydroxylation sites is 1. The summed E-state index contributed by atoms with van der Waals surface area (Å²) in [6.45, 7) is 3.90. The number of hydrogen-bond donors (Lipinski definition) is 1. The van der Waals surface area contributed by atoms with Gasteiger partial charge in [-0.25, -0.2) is 9.79 Å². The van der Waals surface area contributed by atoms with Gasteiger partial charge in [0.25, 0.3) is 0 Å². The fourth-order valence-corrected chi connectivity index (χ4v) is 4.16. The van der Waals surface area contributed by atoms with Crippen LogP contribution in [0.4, 0.5) is 0 Å². The number of aliphatic imine (C=N–C) groups is 1. The number of ether oxygens (including phenoxy) is 2. The third-order valence-electron chi connectivity index (χ3n) is 4.65. The molecule has 0 saturated heterocycles. The molecule has 2 aromatic carbocycles. The number of rotatable bonds is 6. The molecule has 0 radical (unpaired) electrons. The van der Waals surface area contributed by atoms with Crippen LogP contribution in [-0.4, -0.2) is 24.9 Å². The van der Waals surface area contributed by atoms with Crippen molar-refractivity contribution in [2.24, 2.45) is 4.99 Å². The number of nitrogens with zero attached hydrogens (tertiary/aromatic N) is 2. The van der Waals surface area contributed by atoms with Gasteiger partial charge < -0.3 is 14.8 Å². The number of hydrogen-bond acceptors (Lipinski definition) is 7. The Morgan fingerprint density at radius 2 is 1.97 bits per heavy atom. The molecule has 1 heterocycles. The van der Waals surface area contributed by atoms with Gasteiger partial charge in [-0.3, -0.25) is 0 Å². The van der Waals surface area contributed by atoms with Crippen LogP contribution in [-0.2, 0) is 15.3 Å². The number of nitrogens with one attached hydrogen (secondary N) is 1. The van der Waals surface area contributed by atoms with Gasteiger partial charge in [0.1, 0.15) is 11.8 Å². The van der Waals surface area contributed by atoms with Gasteiger partial charge in [0, 0.05) is 17.0 Å². The molecule has 3 rings (SSSR count). The van der Waals surface area contributed by atoms with E-state index in [-0.39, 0.29) is 6.61 Å². The van der Waals surface area contributed by atoms with E-state index in [9.17, 15) is 10.1 Å². The molecule has 7 heteroatoms. The van der Waals surface area contributed by atoms with E-state index in [0.29, 0.717) is 33.5 Å². The first kappa shape index (κ1) is 21.5. The first-order valence-corrected chi connectivity index (χ1v) is 10.5. The highest BCUT2D eigenvalue weighted by molar-refractivity contribution is 8.13. The SMILES string of the molecule is CCOC(=O)C1=C(C)NC(SCc2ccccc2C#N)=N[C@H]1c1ccccc1OC. The summed E-state index contributed by atoms with van der Waals surface area (Å²) in [6.07, 6.45) is 0. The molecule has 1 aliphatic heterocycles. The number of benzene rings is 2. The number of carbonyl (C=O) groups is 1. The predicted octanol–water partition coefficient (Wildman–Crippen LogP) is 4.34. The van der Waals surface area contributed by atoms with E-state index < -0.39 is 12.0 Å². The van der Waals surface area contributed by atoms with E-state index >= 15 is 0 Å². The van der Waals surface area contributed by atoms with E-state index in [1.54, 1.807) is 20.1 Å². The molecule has 0 amide bonds. The Hall–Kier alpha value is -3.24. The van der Waals surface area contributed by atoms with Crippen molar-refractivity contribution in [1.29, 1.82) is 5.26 Å². The Kier molecular flexibility index (Phi) is 7.15. The molecule has 1 aliphatic rings. The molecule has 2 aromatic rings. The molecular formula is C23H23N3O3S. The van der Waals surface area contributed by atoms with Gasteiger partial charge in [0.15, 0.2) is 5.17 Å². The van der Waals surface area contributed by atoms with Crippen LogP contribution >= 0.6 is 11.8 Å². The Balaban J connectivity index is 1.95. The van der Waals surface area contributed by atoms with Crippen molar-refractivity contribution in [3.63, 3.8) is 0 Å². The first-order chi connectivity index (χ1) is 14.6. The topological polar surface area (TPSA) is 83.7 Å². The van der Waals surface area contributed by atoms with Crippen molar-refractivity contribution in [1.82, 2.24) is 5.32 Å². The minimum absolute atomic E-state index is 0.282. The normalized spacial score (nSPS) is 15.7. The zero-order chi connectivity index (χ0) is 21.5. The van der Waals surface area contributed by atoms with Crippen LogP contribution in [0.25, 0.3) is 0 Å². The molecule has 1 N–H and O–H groups in total. The lowest BCUT2D eigenvalue weighted by molar-refractivity contribution is -0.138. The second-order valence-electron chi connectivity index (χ2n) is 6.52. The Labute approximate surface area is 180 Å². The summed E-state index contributed by atoms with van der Waals surface area (Å²) in [5.41, 5.74) is 3.52. The number of amidine groups is 1. The molecule has 1 atom stereocenters. The van der Waals surface area contributed by atoms with E-state index in [1.807, 2.05) is 49.4 Å². The lowest BCUT2D eigenvalue weighted by Gasteiger charge is -2.26. The predicted molar refractivity (Wildman–Crippen MR) is 118 cm³/mol. The molecule has 0 fully saturated rings. The van der Waals surface area contributed by atoms with E-state index in [0.717, 1.165) is 11.1 Å². The standard InChI is InChI=1S/C23H23N3O3S/c1-4-29-22(27)20-15(2)25-23(30-14-17-10-6-5-9-16(17)13-24)26-21(20)18-11-7-8-12-19(18)28-3/h5-12,21H,4,14H2,1-3H3,(H,25,26)/t21-/m0/s1. The Bertz CT molecular complexity index is 1040. The summed E-state index contributed by atoms with van der Waals surface area (Å²) >= 11 is 1.48. The summed E-state index contributed by atoms with van der Waals surface area (Å²) in [5, 5.41) is 13.2. The van der Waals surface area contributed by atoms with Crippen molar-refractivity contribution in [2.45, 2.75) is 25.6 Å². The first-order valence-electron chi connectivity index (χ1n) is 9.55. The number of methoxy groups -OCH3 is 1. The van der Waals surface area contributed by atoms with Gasteiger partial charge in [0.2, 0.25) is 0 Å². The number of nitriles is 1. The maximum absolute atomic E-state index is 12.7. The summed E-state index contributed by atoms with van der Waals surface area (Å²) in [6, 6.07) is 16.7. The van der Waals surface area contributed by atoms with Crippen LogP contribution in [0.2, 0.25) is 0 Å². The Morgan fingerprint density at radius 3 is 2.70 bits per heavy atom. The highest BCUT2D eigenvalue weighted by atomic mass is 32.2. The molecule has 6 nitrogen and oxygen atoms in total. The second-order valence-corrected chi connectivity index (χ2v) is 7.48. The van der Waals surface area contributed by atoms with Crippen molar-refractivity contribution in [2.75, 3.05) is 13.7 Å². The third kappa shape index (κ3) is 4.66. The number of esters is 1. The van der Waals surface area contributed by atoms with Gasteiger partial charge in [-0.1, -0.05) is 48.2 Å². The maximum Gasteiger partial charge on any atom is 0.338 e. The molecule has 0 saturated carbocycles. The van der Waals surface area contributed by atoms with Crippen LogP contribution < -0.4 is 10.1 Å². The zero-order valence-electron chi connectivity index (χ0n) is 17.1. The monoisotopic (exact) mass is 421 g/mol. The smallest absolute Gasteiger partial charge is 0.338 e. The summed E-state index contributed by atoms with van der Waals surface area (Å²) < 4.78 is 10.8. The van der Waals surface area contributed by atoms with Crippen LogP contribution in [0.5, 0.6) is 5.75 Å². The van der Waals surface area contributed by atoms with Crippen LogP contribution in [0, 0.1) is 11.3 Å². The Morgan fingerprint density at radius 1 is 1.23 bits per heavy atom. The van der Waals surface area contributed by atoms with Gasteiger partial charge in [-0.2, -0.15) is 5.26 Å². The van der Waals surface area contributed by atoms with Crippen LogP contribution in [0.1, 0.15) is 36.6 Å². The van der Waals surface area contributed by atoms with Crippen molar-refractivity contribution in [3.05, 3.63) is 76.5 Å². The number of carbonyl (C=O) groups excluding carboxylic acids is 1. The largest absolute Gasteiger partial charge is 0.496 e. The molecule has 0 aromatic heterocycles. The van der Waals surface area contributed by atoms with Gasteiger partial charge >= 0.3 is 5.97 Å². The third-order valence-corrected chi connectivity index (χ3v) is 5.59. The number of thioether (sulfide) groups is 1. The van der Waals surface area contributed by atoms with Crippen molar-refractivity contribution < 1.29 is 14.3 Å². The lowest BCUT2D eigenvalue weighted by atomic mass is 9.96. The summed E-state index contributed by atoms with van der Waals surface area (Å²) in [4.78, 5) is 17.5. The molecule has 0 aliphatic carbocycles.